The van der Waals surface area contributed by atoms with Gasteiger partial charge in [0.2, 0.25) is 5.91 Å². The van der Waals surface area contributed by atoms with E-state index in [1.54, 1.807) is 47.9 Å². The molecular weight excluding hydrogens is 452 g/mol. The second kappa shape index (κ2) is 10.2. The number of anilines is 3. The van der Waals surface area contributed by atoms with Crippen LogP contribution in [0.5, 0.6) is 11.5 Å². The predicted molar refractivity (Wildman–Crippen MR) is 128 cm³/mol. The molecular formula is C23H26N8O4. The van der Waals surface area contributed by atoms with E-state index in [0.717, 1.165) is 6.42 Å². The van der Waals surface area contributed by atoms with Crippen LogP contribution in [0, 0.1) is 17.2 Å². The van der Waals surface area contributed by atoms with Gasteiger partial charge in [0.05, 0.1) is 26.5 Å². The lowest BCUT2D eigenvalue weighted by molar-refractivity contribution is -0.129. The molecule has 1 fully saturated rings. The zero-order valence-corrected chi connectivity index (χ0v) is 19.4. The number of amides is 2. The molecule has 1 aliphatic heterocycles. The van der Waals surface area contributed by atoms with Crippen molar-refractivity contribution in [1.29, 1.82) is 5.26 Å². The van der Waals surface area contributed by atoms with Gasteiger partial charge in [0.1, 0.15) is 41.4 Å². The maximum Gasteiger partial charge on any atom is 0.256 e. The number of nitrogens with two attached hydrogens (primary N) is 1. The Hall–Kier alpha value is -4.53. The number of nitriles is 1. The molecule has 2 amide bonds. The van der Waals surface area contributed by atoms with Crippen LogP contribution in [0.1, 0.15) is 23.2 Å². The molecule has 182 valence electrons. The largest absolute Gasteiger partial charge is 0.497 e. The molecule has 3 heterocycles. The van der Waals surface area contributed by atoms with Crippen LogP contribution >= 0.6 is 0 Å². The van der Waals surface area contributed by atoms with E-state index >= 15 is 0 Å². The van der Waals surface area contributed by atoms with Gasteiger partial charge in [0, 0.05) is 43.5 Å². The third kappa shape index (κ3) is 5.19. The number of fused-ring (bicyclic) bond motifs is 1. The molecule has 4 N–H and O–H groups in total. The van der Waals surface area contributed by atoms with Crippen molar-refractivity contribution in [2.24, 2.45) is 11.7 Å². The molecule has 1 atom stereocenters. The van der Waals surface area contributed by atoms with Crippen molar-refractivity contribution in [3.63, 3.8) is 0 Å². The second-order valence-corrected chi connectivity index (χ2v) is 8.13. The second-order valence-electron chi connectivity index (χ2n) is 8.13. The predicted octanol–water partition coefficient (Wildman–Crippen LogP) is 1.76. The van der Waals surface area contributed by atoms with Gasteiger partial charge in [-0.05, 0) is 12.3 Å². The van der Waals surface area contributed by atoms with E-state index in [-0.39, 0.29) is 29.6 Å². The highest BCUT2D eigenvalue weighted by Gasteiger charge is 2.26. The first-order valence-electron chi connectivity index (χ1n) is 11.0. The molecule has 0 spiro atoms. The quantitative estimate of drug-likeness (QED) is 0.416. The monoisotopic (exact) mass is 478 g/mol. The zero-order chi connectivity index (χ0) is 24.9. The molecule has 1 aliphatic rings. The van der Waals surface area contributed by atoms with Gasteiger partial charge in [-0.25, -0.2) is 9.97 Å². The van der Waals surface area contributed by atoms with Crippen LogP contribution in [0.3, 0.4) is 0 Å². The maximum atomic E-state index is 12.4. The van der Waals surface area contributed by atoms with Crippen LogP contribution in [-0.2, 0) is 4.79 Å². The van der Waals surface area contributed by atoms with E-state index in [1.165, 1.54) is 6.33 Å². The number of primary amides is 1. The van der Waals surface area contributed by atoms with E-state index in [2.05, 4.69) is 20.6 Å². The molecule has 35 heavy (non-hydrogen) atoms. The van der Waals surface area contributed by atoms with Crippen molar-refractivity contribution in [2.45, 2.75) is 12.8 Å². The summed E-state index contributed by atoms with van der Waals surface area (Å²) in [7, 11) is 3.09. The number of rotatable bonds is 9. The molecule has 0 bridgehead atoms. The lowest BCUT2D eigenvalue weighted by atomic mass is 10.1. The Kier molecular flexibility index (Phi) is 6.86. The number of methoxy groups -OCH3 is 2. The average molecular weight is 479 g/mol. The summed E-state index contributed by atoms with van der Waals surface area (Å²) in [5.41, 5.74) is 6.78. The Morgan fingerprint density at radius 1 is 1.26 bits per heavy atom. The highest BCUT2D eigenvalue weighted by atomic mass is 16.5. The molecule has 1 aromatic carbocycles. The molecule has 0 saturated carbocycles. The number of nitrogens with one attached hydrogen (secondary N) is 2. The molecule has 1 saturated heterocycles. The van der Waals surface area contributed by atoms with E-state index in [9.17, 15) is 9.59 Å². The van der Waals surface area contributed by atoms with Gasteiger partial charge in [-0.3, -0.25) is 14.0 Å². The van der Waals surface area contributed by atoms with Crippen molar-refractivity contribution in [3.8, 4) is 17.6 Å². The first-order chi connectivity index (χ1) is 16.9. The van der Waals surface area contributed by atoms with Crippen molar-refractivity contribution >= 4 is 34.8 Å². The Morgan fingerprint density at radius 3 is 2.66 bits per heavy atom. The molecule has 12 heteroatoms. The van der Waals surface area contributed by atoms with Crippen LogP contribution in [0.2, 0.25) is 0 Å². The summed E-state index contributed by atoms with van der Waals surface area (Å²) in [4.78, 5) is 34.9. The summed E-state index contributed by atoms with van der Waals surface area (Å²) in [6.07, 6.45) is 4.00. The Bertz CT molecular complexity index is 1280. The molecule has 4 rings (SSSR count). The van der Waals surface area contributed by atoms with E-state index in [4.69, 9.17) is 20.5 Å². The SMILES string of the molecule is COc1cc(Nc2ncn3cc(NCC4CCN(C(=O)CC#N)C4)nc3c2C(N)=O)cc(OC)c1. The highest BCUT2D eigenvalue weighted by molar-refractivity contribution is 6.04. The van der Waals surface area contributed by atoms with Gasteiger partial charge in [-0.2, -0.15) is 5.26 Å². The molecule has 3 aromatic rings. The van der Waals surface area contributed by atoms with E-state index in [1.807, 2.05) is 6.07 Å². The number of likely N-dealkylation sites (tertiary alicyclic amines) is 1. The van der Waals surface area contributed by atoms with Crippen molar-refractivity contribution in [2.75, 3.05) is 44.5 Å². The number of hydrogen-bond donors (Lipinski definition) is 3. The van der Waals surface area contributed by atoms with Gasteiger partial charge in [0.15, 0.2) is 5.65 Å². The number of carbonyl (C=O) groups excluding carboxylic acids is 2. The normalized spacial score (nSPS) is 15.0. The lowest BCUT2D eigenvalue weighted by Gasteiger charge is -2.15. The minimum absolute atomic E-state index is 0.103. The summed E-state index contributed by atoms with van der Waals surface area (Å²) in [6, 6.07) is 7.11. The molecule has 12 nitrogen and oxygen atoms in total. The van der Waals surface area contributed by atoms with E-state index < -0.39 is 5.91 Å². The maximum absolute atomic E-state index is 12.4. The summed E-state index contributed by atoms with van der Waals surface area (Å²) in [5, 5.41) is 15.1. The van der Waals surface area contributed by atoms with Gasteiger partial charge in [-0.1, -0.05) is 0 Å². The average Bonchev–Trinajstić information content (AvgIpc) is 3.49. The Morgan fingerprint density at radius 2 is 2.00 bits per heavy atom. The smallest absolute Gasteiger partial charge is 0.256 e. The first kappa shape index (κ1) is 23.6. The van der Waals surface area contributed by atoms with Crippen LogP contribution in [0.4, 0.5) is 17.3 Å². The number of ether oxygens (including phenoxy) is 2. The fraction of sp³-hybridized carbons (Fsp3) is 0.348. The lowest BCUT2D eigenvalue weighted by Crippen LogP contribution is -2.29. The fourth-order valence-electron chi connectivity index (χ4n) is 4.03. The van der Waals surface area contributed by atoms with Crippen LogP contribution in [0.15, 0.2) is 30.7 Å². The third-order valence-electron chi connectivity index (χ3n) is 5.81. The zero-order valence-electron chi connectivity index (χ0n) is 19.4. The van der Waals surface area contributed by atoms with Crippen molar-refractivity contribution < 1.29 is 19.1 Å². The summed E-state index contributed by atoms with van der Waals surface area (Å²) in [6.45, 7) is 1.82. The van der Waals surface area contributed by atoms with Gasteiger partial charge in [0.25, 0.3) is 5.91 Å². The van der Waals surface area contributed by atoms with Gasteiger partial charge in [-0.15, -0.1) is 0 Å². The minimum atomic E-state index is -0.681. The summed E-state index contributed by atoms with van der Waals surface area (Å²) < 4.78 is 12.2. The fourth-order valence-corrected chi connectivity index (χ4v) is 4.03. The number of aromatic nitrogens is 3. The minimum Gasteiger partial charge on any atom is -0.497 e. The number of carbonyl (C=O) groups is 2. The van der Waals surface area contributed by atoms with Gasteiger partial charge >= 0.3 is 0 Å². The number of imidazole rings is 1. The van der Waals surface area contributed by atoms with Crippen LogP contribution < -0.4 is 25.8 Å². The van der Waals surface area contributed by atoms with Gasteiger partial charge < -0.3 is 30.7 Å². The molecule has 1 unspecified atom stereocenters. The van der Waals surface area contributed by atoms with E-state index in [0.29, 0.717) is 48.3 Å². The standard InChI is InChI=1S/C23H26N8O4/c1-34-16-7-15(8-17(9-16)35-2)28-22-20(21(25)33)23-29-18(12-31(23)13-27-22)26-10-14-4-6-30(11-14)19(32)3-5-24/h7-9,12-14,26,28H,3-4,6,10-11H2,1-2H3,(H2,25,33). The summed E-state index contributed by atoms with van der Waals surface area (Å²) >= 11 is 0. The third-order valence-corrected chi connectivity index (χ3v) is 5.81. The van der Waals surface area contributed by atoms with Crippen LogP contribution in [-0.4, -0.2) is 64.9 Å². The molecule has 0 aliphatic carbocycles. The topological polar surface area (TPSA) is 160 Å². The number of benzene rings is 1. The molecule has 2 aromatic heterocycles. The first-order valence-corrected chi connectivity index (χ1v) is 11.0. The highest BCUT2D eigenvalue weighted by Crippen LogP contribution is 2.29. The Balaban J connectivity index is 1.53. The molecule has 0 radical (unpaired) electrons. The number of nitrogens with zero attached hydrogens (tertiary/aromatic N) is 5. The van der Waals surface area contributed by atoms with Crippen molar-refractivity contribution in [3.05, 3.63) is 36.3 Å². The Labute approximate surface area is 201 Å². The van der Waals surface area contributed by atoms with Crippen molar-refractivity contribution in [1.82, 2.24) is 19.3 Å². The summed E-state index contributed by atoms with van der Waals surface area (Å²) in [5.74, 6) is 1.35. The van der Waals surface area contributed by atoms with Crippen LogP contribution in [0.25, 0.3) is 5.65 Å². The number of hydrogen-bond acceptors (Lipinski definition) is 9.